The van der Waals surface area contributed by atoms with Crippen molar-refractivity contribution >= 4 is 17.1 Å². The lowest BCUT2D eigenvalue weighted by atomic mass is 10.0. The average Bonchev–Trinajstić information content (AvgIpc) is 2.50. The summed E-state index contributed by atoms with van der Waals surface area (Å²) in [7, 11) is 0. The van der Waals surface area contributed by atoms with Gasteiger partial charge in [-0.25, -0.2) is 0 Å². The van der Waals surface area contributed by atoms with Gasteiger partial charge in [0.1, 0.15) is 0 Å². The van der Waals surface area contributed by atoms with Gasteiger partial charge in [-0.3, -0.25) is 0 Å². The molecule has 0 amide bonds. The van der Waals surface area contributed by atoms with Crippen LogP contribution in [0.2, 0.25) is 0 Å². The highest BCUT2D eigenvalue weighted by Gasteiger charge is 2.08. The Bertz CT molecular complexity index is 749. The van der Waals surface area contributed by atoms with Crippen molar-refractivity contribution in [3.63, 3.8) is 0 Å². The molecule has 0 aliphatic heterocycles. The number of nitrogen functional groups attached to an aromatic ring is 1. The van der Waals surface area contributed by atoms with Crippen molar-refractivity contribution in [2.75, 3.05) is 11.1 Å². The number of anilines is 3. The Morgan fingerprint density at radius 3 is 2.33 bits per heavy atom. The van der Waals surface area contributed by atoms with Gasteiger partial charge in [0.15, 0.2) is 0 Å². The van der Waals surface area contributed by atoms with Crippen molar-refractivity contribution in [1.82, 2.24) is 0 Å². The highest BCUT2D eigenvalue weighted by molar-refractivity contribution is 5.88. The van der Waals surface area contributed by atoms with Crippen LogP contribution in [0.15, 0.2) is 72.8 Å². The minimum atomic E-state index is 0.748. The van der Waals surface area contributed by atoms with Gasteiger partial charge in [-0.1, -0.05) is 54.6 Å². The molecular weight excluding hydrogens is 256 g/mol. The predicted octanol–water partition coefficient (Wildman–Crippen LogP) is 4.99. The molecule has 21 heavy (non-hydrogen) atoms. The van der Waals surface area contributed by atoms with E-state index in [0.717, 1.165) is 28.2 Å². The highest BCUT2D eigenvalue weighted by atomic mass is 14.9. The lowest BCUT2D eigenvalue weighted by Gasteiger charge is -2.15. The lowest BCUT2D eigenvalue weighted by molar-refractivity contribution is 1.45. The van der Waals surface area contributed by atoms with E-state index in [9.17, 15) is 0 Å². The van der Waals surface area contributed by atoms with Gasteiger partial charge in [-0.05, 0) is 36.2 Å². The van der Waals surface area contributed by atoms with Crippen molar-refractivity contribution < 1.29 is 0 Å². The normalized spacial score (nSPS) is 10.3. The van der Waals surface area contributed by atoms with Crippen molar-refractivity contribution in [3.8, 4) is 11.1 Å². The van der Waals surface area contributed by atoms with Gasteiger partial charge in [0, 0.05) is 11.3 Å². The molecule has 0 aromatic heterocycles. The van der Waals surface area contributed by atoms with Gasteiger partial charge in [0.2, 0.25) is 0 Å². The van der Waals surface area contributed by atoms with Crippen LogP contribution >= 0.6 is 0 Å². The minimum Gasteiger partial charge on any atom is -0.397 e. The molecule has 3 N–H and O–H groups in total. The zero-order valence-electron chi connectivity index (χ0n) is 12.0. The summed E-state index contributed by atoms with van der Waals surface area (Å²) >= 11 is 0. The fraction of sp³-hybridized carbons (Fsp3) is 0.0526. The molecule has 0 saturated carbocycles. The molecule has 0 bridgehead atoms. The van der Waals surface area contributed by atoms with Gasteiger partial charge >= 0.3 is 0 Å². The first-order valence-electron chi connectivity index (χ1n) is 7.01. The van der Waals surface area contributed by atoms with Crippen molar-refractivity contribution in [3.05, 3.63) is 78.4 Å². The second kappa shape index (κ2) is 5.71. The summed E-state index contributed by atoms with van der Waals surface area (Å²) in [5.74, 6) is 0. The number of para-hydroxylation sites is 1. The Hall–Kier alpha value is -2.74. The van der Waals surface area contributed by atoms with Crippen molar-refractivity contribution in [1.29, 1.82) is 0 Å². The molecule has 0 heterocycles. The maximum atomic E-state index is 6.18. The molecule has 0 radical (unpaired) electrons. The summed E-state index contributed by atoms with van der Waals surface area (Å²) in [6.07, 6.45) is 0. The SMILES string of the molecule is Cc1cccc(Nc2c(N)cccc2-c2ccccc2)c1. The van der Waals surface area contributed by atoms with E-state index in [1.54, 1.807) is 0 Å². The monoisotopic (exact) mass is 274 g/mol. The summed E-state index contributed by atoms with van der Waals surface area (Å²) in [4.78, 5) is 0. The van der Waals surface area contributed by atoms with Crippen LogP contribution in [-0.4, -0.2) is 0 Å². The zero-order chi connectivity index (χ0) is 14.7. The number of rotatable bonds is 3. The Kier molecular flexibility index (Phi) is 3.61. The van der Waals surface area contributed by atoms with Gasteiger partial charge in [-0.2, -0.15) is 0 Å². The molecule has 0 spiro atoms. The highest BCUT2D eigenvalue weighted by Crippen LogP contribution is 2.34. The number of nitrogens with one attached hydrogen (secondary N) is 1. The van der Waals surface area contributed by atoms with E-state index in [2.05, 4.69) is 42.6 Å². The first kappa shape index (κ1) is 13.3. The number of hydrogen-bond acceptors (Lipinski definition) is 2. The number of aryl methyl sites for hydroxylation is 1. The van der Waals surface area contributed by atoms with E-state index >= 15 is 0 Å². The van der Waals surface area contributed by atoms with Crippen LogP contribution in [0.1, 0.15) is 5.56 Å². The Labute approximate surface area is 125 Å². The first-order chi connectivity index (χ1) is 10.2. The molecule has 2 heteroatoms. The Morgan fingerprint density at radius 1 is 0.810 bits per heavy atom. The quantitative estimate of drug-likeness (QED) is 0.660. The van der Waals surface area contributed by atoms with Crippen LogP contribution in [0, 0.1) is 6.92 Å². The first-order valence-corrected chi connectivity index (χ1v) is 7.01. The number of hydrogen-bond donors (Lipinski definition) is 2. The van der Waals surface area contributed by atoms with Crippen molar-refractivity contribution in [2.24, 2.45) is 0 Å². The summed E-state index contributed by atoms with van der Waals surface area (Å²) in [5.41, 5.74) is 12.4. The van der Waals surface area contributed by atoms with E-state index < -0.39 is 0 Å². The molecule has 0 fully saturated rings. The fourth-order valence-electron chi connectivity index (χ4n) is 2.44. The van der Waals surface area contributed by atoms with Crippen LogP contribution in [0.3, 0.4) is 0 Å². The second-order valence-electron chi connectivity index (χ2n) is 5.13. The molecule has 0 aliphatic rings. The van der Waals surface area contributed by atoms with E-state index in [-0.39, 0.29) is 0 Å². The molecular formula is C19H18N2. The largest absolute Gasteiger partial charge is 0.397 e. The summed E-state index contributed by atoms with van der Waals surface area (Å²) < 4.78 is 0. The molecule has 3 rings (SSSR count). The average molecular weight is 274 g/mol. The molecule has 104 valence electrons. The van der Waals surface area contributed by atoms with Crippen LogP contribution < -0.4 is 11.1 Å². The zero-order valence-corrected chi connectivity index (χ0v) is 12.0. The summed E-state index contributed by atoms with van der Waals surface area (Å²) in [6, 6.07) is 24.6. The maximum absolute atomic E-state index is 6.18. The maximum Gasteiger partial charge on any atom is 0.0697 e. The van der Waals surface area contributed by atoms with Crippen molar-refractivity contribution in [2.45, 2.75) is 6.92 Å². The van der Waals surface area contributed by atoms with Crippen LogP contribution in [0.25, 0.3) is 11.1 Å². The smallest absolute Gasteiger partial charge is 0.0697 e. The molecule has 0 saturated heterocycles. The van der Waals surface area contributed by atoms with E-state index in [1.165, 1.54) is 5.56 Å². The number of nitrogens with two attached hydrogens (primary N) is 1. The van der Waals surface area contributed by atoms with Gasteiger partial charge < -0.3 is 11.1 Å². The van der Waals surface area contributed by atoms with E-state index in [4.69, 9.17) is 5.73 Å². The van der Waals surface area contributed by atoms with Gasteiger partial charge in [-0.15, -0.1) is 0 Å². The van der Waals surface area contributed by atoms with Crippen LogP contribution in [0.4, 0.5) is 17.1 Å². The second-order valence-corrected chi connectivity index (χ2v) is 5.13. The minimum absolute atomic E-state index is 0.748. The van der Waals surface area contributed by atoms with Gasteiger partial charge in [0.05, 0.1) is 11.4 Å². The predicted molar refractivity (Wildman–Crippen MR) is 90.8 cm³/mol. The fourth-order valence-corrected chi connectivity index (χ4v) is 2.44. The summed E-state index contributed by atoms with van der Waals surface area (Å²) in [5, 5.41) is 3.46. The molecule has 0 aliphatic carbocycles. The van der Waals surface area contributed by atoms with E-state index in [1.807, 2.05) is 42.5 Å². The van der Waals surface area contributed by atoms with Crippen LogP contribution in [-0.2, 0) is 0 Å². The third-order valence-corrected chi connectivity index (χ3v) is 3.47. The molecule has 0 atom stereocenters. The van der Waals surface area contributed by atoms with Crippen LogP contribution in [0.5, 0.6) is 0 Å². The third kappa shape index (κ3) is 2.90. The summed E-state index contributed by atoms with van der Waals surface area (Å²) in [6.45, 7) is 2.08. The Morgan fingerprint density at radius 2 is 1.57 bits per heavy atom. The van der Waals surface area contributed by atoms with Gasteiger partial charge in [0.25, 0.3) is 0 Å². The Balaban J connectivity index is 2.06. The number of benzene rings is 3. The molecule has 3 aromatic carbocycles. The van der Waals surface area contributed by atoms with E-state index in [0.29, 0.717) is 0 Å². The molecule has 3 aromatic rings. The lowest BCUT2D eigenvalue weighted by Crippen LogP contribution is -1.99. The molecule has 0 unspecified atom stereocenters. The third-order valence-electron chi connectivity index (χ3n) is 3.47. The standard InChI is InChI=1S/C19H18N2/c1-14-7-5-10-16(13-14)21-19-17(11-6-12-18(19)20)15-8-3-2-4-9-15/h2-13,21H,20H2,1H3. The molecule has 2 nitrogen and oxygen atoms in total. The topological polar surface area (TPSA) is 38.0 Å².